The number of nitro benzene ring substituents is 1. The zero-order valence-corrected chi connectivity index (χ0v) is 17.8. The van der Waals surface area contributed by atoms with Gasteiger partial charge in [0.2, 0.25) is 5.91 Å². The number of β-lactam (4-membered cyclic amide) rings is 1. The van der Waals surface area contributed by atoms with Gasteiger partial charge in [-0.2, -0.15) is 0 Å². The fourth-order valence-corrected chi connectivity index (χ4v) is 4.31. The van der Waals surface area contributed by atoms with Crippen molar-refractivity contribution >= 4 is 56.9 Å². The lowest BCUT2D eigenvalue weighted by atomic mass is 10.0. The van der Waals surface area contributed by atoms with Crippen molar-refractivity contribution in [1.29, 1.82) is 0 Å². The van der Waals surface area contributed by atoms with Gasteiger partial charge in [0.05, 0.1) is 16.7 Å². The Bertz CT molecular complexity index is 934. The van der Waals surface area contributed by atoms with Crippen LogP contribution in [0.2, 0.25) is 0 Å². The summed E-state index contributed by atoms with van der Waals surface area (Å²) in [4.78, 5) is 59.6. The summed E-state index contributed by atoms with van der Waals surface area (Å²) in [6.07, 6.45) is 1.25. The smallest absolute Gasteiger partial charge is 0.355 e. The fourth-order valence-electron chi connectivity index (χ4n) is 2.92. The molecule has 10 nitrogen and oxygen atoms in total. The van der Waals surface area contributed by atoms with Crippen molar-refractivity contribution in [2.45, 2.75) is 24.4 Å². The number of halogens is 1. The van der Waals surface area contributed by atoms with E-state index in [9.17, 15) is 29.3 Å². The van der Waals surface area contributed by atoms with E-state index >= 15 is 0 Å². The van der Waals surface area contributed by atoms with E-state index in [4.69, 9.17) is 4.74 Å². The lowest BCUT2D eigenvalue weighted by Crippen LogP contribution is -2.70. The number of ketones is 1. The number of carbonyl (C=O) groups excluding carboxylic acids is 4. The second-order valence-electron chi connectivity index (χ2n) is 6.42. The summed E-state index contributed by atoms with van der Waals surface area (Å²) in [5.74, 6) is -1.56. The monoisotopic (exact) mass is 497 g/mol. The van der Waals surface area contributed by atoms with Gasteiger partial charge in [0.1, 0.15) is 23.7 Å². The number of alkyl halides is 1. The van der Waals surface area contributed by atoms with Crippen LogP contribution < -0.4 is 5.32 Å². The topological polar surface area (TPSA) is 136 Å². The Hall–Kier alpha value is -2.73. The number of hydrogen-bond donors (Lipinski definition) is 1. The van der Waals surface area contributed by atoms with Crippen molar-refractivity contribution in [3.8, 4) is 0 Å². The maximum absolute atomic E-state index is 12.5. The van der Waals surface area contributed by atoms with Crippen LogP contribution in [-0.2, 0) is 30.5 Å². The number of esters is 1. The first kappa shape index (κ1) is 22.0. The highest BCUT2D eigenvalue weighted by Gasteiger charge is 2.53. The maximum Gasteiger partial charge on any atom is 0.355 e. The maximum atomic E-state index is 12.5. The Balaban J connectivity index is 1.57. The quantitative estimate of drug-likeness (QED) is 0.141. The van der Waals surface area contributed by atoms with E-state index in [1.807, 2.05) is 0 Å². The summed E-state index contributed by atoms with van der Waals surface area (Å²) in [6, 6.07) is 4.77. The molecule has 2 aliphatic rings. The summed E-state index contributed by atoms with van der Waals surface area (Å²) in [5, 5.41) is 12.8. The number of benzene rings is 1. The van der Waals surface area contributed by atoms with Crippen molar-refractivity contribution in [3.63, 3.8) is 0 Å². The molecule has 1 fully saturated rings. The minimum Gasteiger partial charge on any atom is -0.456 e. The minimum absolute atomic E-state index is 0.0524. The van der Waals surface area contributed by atoms with Crippen molar-refractivity contribution in [3.05, 3.63) is 51.7 Å². The Morgan fingerprint density at radius 3 is 2.63 bits per heavy atom. The van der Waals surface area contributed by atoms with Crippen LogP contribution >= 0.6 is 27.7 Å². The molecule has 158 valence electrons. The standard InChI is InChI=1S/C18H16BrN3O7S/c19-8-12(23)7-14(24)20-15-16(25)21-13(5-6-30-17(15)21)18(26)29-9-10-1-3-11(4-2-10)22(27)28/h1-5,15,17H,6-9H2,(H,20,24)/t15?,17-/m1/s1. The number of hydrogen-bond acceptors (Lipinski definition) is 8. The third-order valence-electron chi connectivity index (χ3n) is 4.40. The second kappa shape index (κ2) is 9.39. The molecule has 0 bridgehead atoms. The van der Waals surface area contributed by atoms with E-state index in [0.29, 0.717) is 11.3 Å². The van der Waals surface area contributed by atoms with Crippen molar-refractivity contribution in [2.24, 2.45) is 0 Å². The zero-order valence-electron chi connectivity index (χ0n) is 15.4. The summed E-state index contributed by atoms with van der Waals surface area (Å²) >= 11 is 4.35. The summed E-state index contributed by atoms with van der Waals surface area (Å²) in [6.45, 7) is -0.108. The van der Waals surface area contributed by atoms with E-state index < -0.39 is 34.1 Å². The first-order valence-electron chi connectivity index (χ1n) is 8.74. The molecular formula is C18H16BrN3O7S. The number of carbonyl (C=O) groups is 4. The average molecular weight is 498 g/mol. The molecule has 0 radical (unpaired) electrons. The number of Topliss-reactive ketones (excluding diaryl/α,β-unsaturated/α-hetero) is 1. The number of nitro groups is 1. The highest BCUT2D eigenvalue weighted by Crippen LogP contribution is 2.37. The molecule has 2 aliphatic heterocycles. The van der Waals surface area contributed by atoms with Crippen molar-refractivity contribution in [2.75, 3.05) is 11.1 Å². The Kier molecular flexibility index (Phi) is 6.87. The number of rotatable bonds is 8. The molecule has 2 atom stereocenters. The largest absolute Gasteiger partial charge is 0.456 e. The van der Waals surface area contributed by atoms with Gasteiger partial charge in [-0.15, -0.1) is 11.8 Å². The number of nitrogens with zero attached hydrogens (tertiary/aromatic N) is 2. The van der Waals surface area contributed by atoms with Gasteiger partial charge in [-0.3, -0.25) is 29.4 Å². The third-order valence-corrected chi connectivity index (χ3v) is 6.20. The normalized spacial score (nSPS) is 19.8. The molecular weight excluding hydrogens is 482 g/mol. The Morgan fingerprint density at radius 1 is 1.30 bits per heavy atom. The minimum atomic E-state index is -0.809. The van der Waals surface area contributed by atoms with E-state index in [1.54, 1.807) is 6.08 Å². The summed E-state index contributed by atoms with van der Waals surface area (Å²) in [7, 11) is 0. The van der Waals surface area contributed by atoms with Crippen molar-refractivity contribution in [1.82, 2.24) is 10.2 Å². The van der Waals surface area contributed by atoms with Crippen LogP contribution in [0.25, 0.3) is 0 Å². The molecule has 12 heteroatoms. The van der Waals surface area contributed by atoms with E-state index in [1.165, 1.54) is 40.9 Å². The van der Waals surface area contributed by atoms with Crippen LogP contribution in [0.1, 0.15) is 12.0 Å². The number of fused-ring (bicyclic) bond motifs is 1. The van der Waals surface area contributed by atoms with Crippen LogP contribution in [-0.4, -0.2) is 55.9 Å². The van der Waals surface area contributed by atoms with Gasteiger partial charge in [-0.25, -0.2) is 4.79 Å². The lowest BCUT2D eigenvalue weighted by molar-refractivity contribution is -0.384. The predicted octanol–water partition coefficient (Wildman–Crippen LogP) is 1.28. The molecule has 30 heavy (non-hydrogen) atoms. The molecule has 1 N–H and O–H groups in total. The first-order valence-corrected chi connectivity index (χ1v) is 10.9. The molecule has 2 amide bonds. The van der Waals surface area contributed by atoms with Crippen molar-refractivity contribution < 1.29 is 28.8 Å². The predicted molar refractivity (Wildman–Crippen MR) is 109 cm³/mol. The summed E-state index contributed by atoms with van der Waals surface area (Å²) < 4.78 is 5.23. The van der Waals surface area contributed by atoms with Gasteiger partial charge in [0, 0.05) is 17.9 Å². The van der Waals surface area contributed by atoms with E-state index in [0.717, 1.165) is 0 Å². The Labute approximate surface area is 183 Å². The molecule has 3 rings (SSSR count). The van der Waals surface area contributed by atoms with Crippen LogP contribution in [0.3, 0.4) is 0 Å². The first-order chi connectivity index (χ1) is 14.3. The van der Waals surface area contributed by atoms with Gasteiger partial charge in [-0.1, -0.05) is 15.9 Å². The highest BCUT2D eigenvalue weighted by atomic mass is 79.9. The Morgan fingerprint density at radius 2 is 2.00 bits per heavy atom. The van der Waals surface area contributed by atoms with Crippen LogP contribution in [0, 0.1) is 10.1 Å². The van der Waals surface area contributed by atoms with Crippen LogP contribution in [0.5, 0.6) is 0 Å². The van der Waals surface area contributed by atoms with Gasteiger partial charge < -0.3 is 10.1 Å². The molecule has 1 saturated heterocycles. The highest BCUT2D eigenvalue weighted by molar-refractivity contribution is 9.09. The second-order valence-corrected chi connectivity index (χ2v) is 8.13. The molecule has 0 spiro atoms. The molecule has 0 aromatic heterocycles. The molecule has 1 unspecified atom stereocenters. The van der Waals surface area contributed by atoms with Gasteiger partial charge in [0.15, 0.2) is 5.78 Å². The molecule has 2 heterocycles. The van der Waals surface area contributed by atoms with Gasteiger partial charge in [0.25, 0.3) is 11.6 Å². The van der Waals surface area contributed by atoms with Crippen LogP contribution in [0.4, 0.5) is 5.69 Å². The number of nitrogens with one attached hydrogen (secondary N) is 1. The number of ether oxygens (including phenoxy) is 1. The summed E-state index contributed by atoms with van der Waals surface area (Å²) in [5.41, 5.74) is 0.581. The number of thioether (sulfide) groups is 1. The fraction of sp³-hybridized carbons (Fsp3) is 0.333. The molecule has 0 saturated carbocycles. The third kappa shape index (κ3) is 4.70. The molecule has 0 aliphatic carbocycles. The molecule has 1 aromatic rings. The van der Waals surface area contributed by atoms with Crippen LogP contribution in [0.15, 0.2) is 36.0 Å². The van der Waals surface area contributed by atoms with E-state index in [-0.39, 0.29) is 35.5 Å². The van der Waals surface area contributed by atoms with E-state index in [2.05, 4.69) is 21.2 Å². The lowest BCUT2D eigenvalue weighted by Gasteiger charge is -2.48. The number of amides is 2. The number of non-ortho nitro benzene ring substituents is 1. The molecule has 1 aromatic carbocycles. The average Bonchev–Trinajstić information content (AvgIpc) is 2.75. The zero-order chi connectivity index (χ0) is 21.8. The SMILES string of the molecule is O=C(CBr)CC(=O)NC1C(=O)N2C(C(=O)OCc3ccc([N+](=O)[O-])cc3)=CCS[C@H]12. The van der Waals surface area contributed by atoms with Gasteiger partial charge in [-0.05, 0) is 23.8 Å². The van der Waals surface area contributed by atoms with Gasteiger partial charge >= 0.3 is 5.97 Å².